The van der Waals surface area contributed by atoms with Gasteiger partial charge in [0.05, 0.1) is 19.3 Å². The van der Waals surface area contributed by atoms with Crippen molar-refractivity contribution < 1.29 is 22.6 Å². The van der Waals surface area contributed by atoms with E-state index in [0.29, 0.717) is 29.2 Å². The topological polar surface area (TPSA) is 21.8 Å². The molecular formula is C30H37F3O2. The Labute approximate surface area is 207 Å². The summed E-state index contributed by atoms with van der Waals surface area (Å²) in [7, 11) is 0. The summed E-state index contributed by atoms with van der Waals surface area (Å²) in [4.78, 5) is 0. The van der Waals surface area contributed by atoms with Crippen LogP contribution in [0.5, 0.6) is 0 Å². The van der Waals surface area contributed by atoms with E-state index in [0.717, 1.165) is 62.8 Å². The molecule has 2 aromatic rings. The van der Waals surface area contributed by atoms with Gasteiger partial charge in [0.15, 0.2) is 11.6 Å². The molecule has 2 nitrogen and oxygen atoms in total. The molecule has 5 heteroatoms. The molecule has 5 rings (SSSR count). The predicted octanol–water partition coefficient (Wildman–Crippen LogP) is 8.49. The summed E-state index contributed by atoms with van der Waals surface area (Å²) in [5.74, 6) is -0.447. The van der Waals surface area contributed by atoms with Gasteiger partial charge in [0, 0.05) is 11.1 Å². The van der Waals surface area contributed by atoms with Gasteiger partial charge >= 0.3 is 0 Å². The summed E-state index contributed by atoms with van der Waals surface area (Å²) in [6.45, 7) is 2.90. The number of halogens is 3. The van der Waals surface area contributed by atoms with Crippen molar-refractivity contribution in [3.8, 4) is 0 Å². The zero-order chi connectivity index (χ0) is 24.4. The van der Waals surface area contributed by atoms with Crippen LogP contribution >= 0.6 is 0 Å². The lowest BCUT2D eigenvalue weighted by Gasteiger charge is -2.30. The molecule has 1 atom stereocenters. The number of epoxide rings is 1. The molecule has 190 valence electrons. The van der Waals surface area contributed by atoms with Gasteiger partial charge < -0.3 is 9.47 Å². The second kappa shape index (κ2) is 11.0. The average Bonchev–Trinajstić information content (AvgIpc) is 3.71. The average molecular weight is 487 g/mol. The van der Waals surface area contributed by atoms with Gasteiger partial charge in [0.2, 0.25) is 0 Å². The highest BCUT2D eigenvalue weighted by Crippen LogP contribution is 2.40. The first-order chi connectivity index (χ1) is 17.0. The predicted molar refractivity (Wildman–Crippen MR) is 131 cm³/mol. The fraction of sp³-hybridized carbons (Fsp3) is 0.600. The van der Waals surface area contributed by atoms with Gasteiger partial charge in [-0.05, 0) is 86.3 Å². The van der Waals surface area contributed by atoms with Crippen LogP contribution in [0.15, 0.2) is 30.3 Å². The van der Waals surface area contributed by atoms with E-state index in [1.54, 1.807) is 18.2 Å². The summed E-state index contributed by atoms with van der Waals surface area (Å²) in [5.41, 5.74) is 2.51. The zero-order valence-corrected chi connectivity index (χ0v) is 20.7. The molecule has 1 saturated heterocycles. The highest BCUT2D eigenvalue weighted by atomic mass is 19.2. The normalized spacial score (nSPS) is 28.7. The van der Waals surface area contributed by atoms with Crippen LogP contribution in [0.25, 0.3) is 0 Å². The molecule has 0 amide bonds. The minimum atomic E-state index is -0.748. The first-order valence-corrected chi connectivity index (χ1v) is 13.5. The van der Waals surface area contributed by atoms with Crippen molar-refractivity contribution in [3.63, 3.8) is 0 Å². The molecule has 2 aromatic carbocycles. The maximum atomic E-state index is 14.9. The minimum absolute atomic E-state index is 0.0196. The quantitative estimate of drug-likeness (QED) is 0.349. The van der Waals surface area contributed by atoms with E-state index in [4.69, 9.17) is 9.47 Å². The van der Waals surface area contributed by atoms with E-state index in [1.807, 2.05) is 12.1 Å². The molecule has 0 bridgehead atoms. The molecule has 0 spiro atoms. The third-order valence-electron chi connectivity index (χ3n) is 8.50. The Balaban J connectivity index is 1.12. The second-order valence-electron chi connectivity index (χ2n) is 10.8. The number of ether oxygens (including phenoxy) is 2. The Morgan fingerprint density at radius 3 is 2.17 bits per heavy atom. The van der Waals surface area contributed by atoms with Crippen LogP contribution in [0.2, 0.25) is 0 Å². The molecular weight excluding hydrogens is 449 g/mol. The van der Waals surface area contributed by atoms with E-state index in [1.165, 1.54) is 12.8 Å². The van der Waals surface area contributed by atoms with Crippen LogP contribution in [0.1, 0.15) is 111 Å². The van der Waals surface area contributed by atoms with E-state index >= 15 is 0 Å². The summed E-state index contributed by atoms with van der Waals surface area (Å²) < 4.78 is 55.4. The number of hydrogen-bond acceptors (Lipinski definition) is 2. The van der Waals surface area contributed by atoms with Gasteiger partial charge in [0.1, 0.15) is 11.9 Å². The van der Waals surface area contributed by atoms with Crippen molar-refractivity contribution >= 4 is 0 Å². The van der Waals surface area contributed by atoms with E-state index in [2.05, 4.69) is 6.92 Å². The van der Waals surface area contributed by atoms with Crippen LogP contribution in [0.3, 0.4) is 0 Å². The fourth-order valence-corrected chi connectivity index (χ4v) is 6.26. The van der Waals surface area contributed by atoms with Crippen LogP contribution in [-0.2, 0) is 16.1 Å². The zero-order valence-electron chi connectivity index (χ0n) is 20.7. The van der Waals surface area contributed by atoms with Crippen LogP contribution in [-0.4, -0.2) is 12.7 Å². The van der Waals surface area contributed by atoms with E-state index in [-0.39, 0.29) is 30.5 Å². The maximum absolute atomic E-state index is 14.9. The third kappa shape index (κ3) is 5.77. The molecule has 1 unspecified atom stereocenters. The second-order valence-corrected chi connectivity index (χ2v) is 10.8. The van der Waals surface area contributed by atoms with Crippen molar-refractivity contribution in [2.75, 3.05) is 6.61 Å². The Kier molecular flexibility index (Phi) is 7.83. The lowest BCUT2D eigenvalue weighted by Crippen LogP contribution is -2.21. The molecule has 0 radical (unpaired) electrons. The minimum Gasteiger partial charge on any atom is -0.373 e. The van der Waals surface area contributed by atoms with Gasteiger partial charge in [-0.2, -0.15) is 0 Å². The first-order valence-electron chi connectivity index (χ1n) is 13.5. The Bertz CT molecular complexity index is 1000. The standard InChI is InChI=1S/C30H37F3O2/c1-2-3-19-4-6-21(7-5-19)25-14-11-23(29(32)30(25)33)17-34-24-12-8-20(9-13-24)22-10-15-26(27(31)16-22)28-18-35-28/h10-11,14-16,19-21,24,28H,2-9,12-13,17-18H2,1H3. The summed E-state index contributed by atoms with van der Waals surface area (Å²) >= 11 is 0. The summed E-state index contributed by atoms with van der Waals surface area (Å²) in [6, 6.07) is 9.01. The monoisotopic (exact) mass is 486 g/mol. The maximum Gasteiger partial charge on any atom is 0.164 e. The molecule has 0 aromatic heterocycles. The smallest absolute Gasteiger partial charge is 0.164 e. The number of rotatable bonds is 8. The van der Waals surface area contributed by atoms with Crippen LogP contribution in [0, 0.1) is 23.4 Å². The Morgan fingerprint density at radius 1 is 0.829 bits per heavy atom. The molecule has 1 aliphatic heterocycles. The third-order valence-corrected chi connectivity index (χ3v) is 8.50. The van der Waals surface area contributed by atoms with Gasteiger partial charge in [-0.1, -0.05) is 44.0 Å². The molecule has 2 aliphatic carbocycles. The van der Waals surface area contributed by atoms with Crippen molar-refractivity contribution in [2.45, 2.75) is 102 Å². The molecule has 3 fully saturated rings. The van der Waals surface area contributed by atoms with Crippen molar-refractivity contribution in [2.24, 2.45) is 5.92 Å². The molecule has 0 N–H and O–H groups in total. The highest BCUT2D eigenvalue weighted by Gasteiger charge is 2.30. The van der Waals surface area contributed by atoms with Gasteiger partial charge in [-0.25, -0.2) is 13.2 Å². The number of benzene rings is 2. The molecule has 1 heterocycles. The van der Waals surface area contributed by atoms with Crippen LogP contribution < -0.4 is 0 Å². The molecule has 2 saturated carbocycles. The Hall–Kier alpha value is -1.85. The lowest BCUT2D eigenvalue weighted by atomic mass is 9.77. The largest absolute Gasteiger partial charge is 0.373 e. The van der Waals surface area contributed by atoms with Crippen molar-refractivity contribution in [1.29, 1.82) is 0 Å². The molecule has 3 aliphatic rings. The van der Waals surface area contributed by atoms with Crippen molar-refractivity contribution in [1.82, 2.24) is 0 Å². The summed E-state index contributed by atoms with van der Waals surface area (Å²) in [5, 5.41) is 0. The fourth-order valence-electron chi connectivity index (χ4n) is 6.26. The SMILES string of the molecule is CCCC1CCC(c2ccc(COC3CCC(c4ccc(C5CO5)c(F)c4)CC3)c(F)c2F)CC1. The Morgan fingerprint density at radius 2 is 1.51 bits per heavy atom. The van der Waals surface area contributed by atoms with Crippen molar-refractivity contribution in [3.05, 3.63) is 70.0 Å². The van der Waals surface area contributed by atoms with E-state index in [9.17, 15) is 13.2 Å². The first kappa shape index (κ1) is 24.8. The van der Waals surface area contributed by atoms with Gasteiger partial charge in [-0.15, -0.1) is 0 Å². The van der Waals surface area contributed by atoms with Gasteiger partial charge in [0.25, 0.3) is 0 Å². The number of hydrogen-bond donors (Lipinski definition) is 0. The molecule has 35 heavy (non-hydrogen) atoms. The van der Waals surface area contributed by atoms with Crippen LogP contribution in [0.4, 0.5) is 13.2 Å². The summed E-state index contributed by atoms with van der Waals surface area (Å²) in [6.07, 6.45) is 9.96. The lowest BCUT2D eigenvalue weighted by molar-refractivity contribution is 0.0118. The highest BCUT2D eigenvalue weighted by molar-refractivity contribution is 5.31. The van der Waals surface area contributed by atoms with Gasteiger partial charge in [-0.3, -0.25) is 0 Å². The van der Waals surface area contributed by atoms with E-state index < -0.39 is 11.6 Å².